The summed E-state index contributed by atoms with van der Waals surface area (Å²) in [5, 5.41) is 3.82. The maximum atomic E-state index is 11.5. The van der Waals surface area contributed by atoms with Gasteiger partial charge >= 0.3 is 0 Å². The summed E-state index contributed by atoms with van der Waals surface area (Å²) in [6.07, 6.45) is 2.12. The fourth-order valence-electron chi connectivity index (χ4n) is 2.16. The highest BCUT2D eigenvalue weighted by molar-refractivity contribution is 6.00. The number of nitrogens with zero attached hydrogens (tertiary/aromatic N) is 2. The second-order valence-corrected chi connectivity index (χ2v) is 4.49. The average molecular weight is 258 g/mol. The summed E-state index contributed by atoms with van der Waals surface area (Å²) >= 11 is 0. The molecule has 1 aromatic heterocycles. The van der Waals surface area contributed by atoms with Crippen LogP contribution in [0.25, 0.3) is 0 Å². The Morgan fingerprint density at radius 1 is 1.37 bits per heavy atom. The van der Waals surface area contributed by atoms with Gasteiger partial charge in [0.1, 0.15) is 5.75 Å². The zero-order valence-electron chi connectivity index (χ0n) is 10.7. The van der Waals surface area contributed by atoms with Gasteiger partial charge in [0.05, 0.1) is 0 Å². The Balaban J connectivity index is 1.69. The van der Waals surface area contributed by atoms with E-state index < -0.39 is 0 Å². The molecule has 1 aliphatic carbocycles. The highest BCUT2D eigenvalue weighted by Crippen LogP contribution is 2.26. The molecular weight excluding hydrogens is 244 g/mol. The molecule has 1 aromatic carbocycles. The Labute approximate surface area is 110 Å². The molecule has 0 aliphatic heterocycles. The molecule has 0 saturated heterocycles. The van der Waals surface area contributed by atoms with Crippen molar-refractivity contribution >= 4 is 5.78 Å². The van der Waals surface area contributed by atoms with Gasteiger partial charge in [-0.2, -0.15) is 4.98 Å². The normalized spacial score (nSPS) is 13.6. The van der Waals surface area contributed by atoms with Crippen LogP contribution in [-0.4, -0.2) is 15.9 Å². The van der Waals surface area contributed by atoms with Crippen molar-refractivity contribution in [2.24, 2.45) is 0 Å². The predicted octanol–water partition coefficient (Wildman–Crippen LogP) is 2.34. The van der Waals surface area contributed by atoms with Crippen LogP contribution in [0.3, 0.4) is 0 Å². The Morgan fingerprint density at radius 2 is 2.26 bits per heavy atom. The fourth-order valence-corrected chi connectivity index (χ4v) is 2.16. The van der Waals surface area contributed by atoms with E-state index in [1.54, 1.807) is 0 Å². The molecule has 2 aromatic rings. The van der Waals surface area contributed by atoms with Crippen LogP contribution in [0.15, 0.2) is 22.7 Å². The van der Waals surface area contributed by atoms with Crippen LogP contribution in [0, 0.1) is 0 Å². The average Bonchev–Trinajstić information content (AvgIpc) is 3.03. The largest absolute Gasteiger partial charge is 0.485 e. The van der Waals surface area contributed by atoms with Gasteiger partial charge in [0.15, 0.2) is 12.4 Å². The number of fused-ring (bicyclic) bond motifs is 1. The summed E-state index contributed by atoms with van der Waals surface area (Å²) in [5.74, 6) is 2.09. The van der Waals surface area contributed by atoms with Gasteiger partial charge in [0.25, 0.3) is 0 Å². The Morgan fingerprint density at radius 3 is 3.05 bits per heavy atom. The molecule has 1 heterocycles. The Hall–Kier alpha value is -2.17. The summed E-state index contributed by atoms with van der Waals surface area (Å²) < 4.78 is 10.6. The monoisotopic (exact) mass is 258 g/mol. The minimum Gasteiger partial charge on any atom is -0.485 e. The van der Waals surface area contributed by atoms with Crippen LogP contribution in [0.1, 0.15) is 41.0 Å². The zero-order chi connectivity index (χ0) is 13.2. The Bertz CT molecular complexity index is 619. The maximum absolute atomic E-state index is 11.5. The van der Waals surface area contributed by atoms with Crippen LogP contribution in [0.2, 0.25) is 0 Å². The number of aromatic nitrogens is 2. The van der Waals surface area contributed by atoms with Gasteiger partial charge in [-0.25, -0.2) is 0 Å². The molecule has 5 nitrogen and oxygen atoms in total. The first-order valence-corrected chi connectivity index (χ1v) is 6.36. The minimum absolute atomic E-state index is 0.215. The standard InChI is InChI=1S/C14H14N2O3/c1-2-14-15-13(16-19-14)8-18-10-4-5-11-9(7-10)3-6-12(11)17/h4-5,7H,2-3,6,8H2,1H3. The number of rotatable bonds is 4. The van der Waals surface area contributed by atoms with Gasteiger partial charge in [0.2, 0.25) is 11.7 Å². The van der Waals surface area contributed by atoms with Crippen molar-refractivity contribution in [1.29, 1.82) is 0 Å². The van der Waals surface area contributed by atoms with Crippen molar-refractivity contribution in [2.45, 2.75) is 32.8 Å². The summed E-state index contributed by atoms with van der Waals surface area (Å²) in [5.41, 5.74) is 1.88. The van der Waals surface area contributed by atoms with Gasteiger partial charge in [-0.05, 0) is 30.2 Å². The molecule has 0 fully saturated rings. The first-order chi connectivity index (χ1) is 9.26. The fraction of sp³-hybridized carbons (Fsp3) is 0.357. The van der Waals surface area contributed by atoms with E-state index in [0.717, 1.165) is 23.3 Å². The van der Waals surface area contributed by atoms with E-state index in [9.17, 15) is 4.79 Å². The van der Waals surface area contributed by atoms with E-state index in [-0.39, 0.29) is 12.4 Å². The first kappa shape index (κ1) is 11.9. The molecule has 3 rings (SSSR count). The van der Waals surface area contributed by atoms with Crippen LogP contribution in [0.5, 0.6) is 5.75 Å². The van der Waals surface area contributed by atoms with Gasteiger partial charge in [0, 0.05) is 18.4 Å². The molecule has 0 saturated carbocycles. The molecule has 0 radical (unpaired) electrons. The smallest absolute Gasteiger partial charge is 0.226 e. The number of ether oxygens (including phenoxy) is 1. The third-order valence-corrected chi connectivity index (χ3v) is 3.18. The molecule has 0 bridgehead atoms. The SMILES string of the molecule is CCc1nc(COc2ccc3c(c2)CCC3=O)no1. The molecule has 0 atom stereocenters. The summed E-state index contributed by atoms with van der Waals surface area (Å²) in [6.45, 7) is 2.23. The lowest BCUT2D eigenvalue weighted by molar-refractivity contribution is 0.0994. The van der Waals surface area contributed by atoms with Crippen LogP contribution in [0.4, 0.5) is 0 Å². The van der Waals surface area contributed by atoms with E-state index in [1.165, 1.54) is 0 Å². The lowest BCUT2D eigenvalue weighted by Crippen LogP contribution is -1.99. The summed E-state index contributed by atoms with van der Waals surface area (Å²) in [7, 11) is 0. The molecule has 0 spiro atoms. The summed E-state index contributed by atoms with van der Waals surface area (Å²) in [4.78, 5) is 15.7. The van der Waals surface area contributed by atoms with Crippen LogP contribution in [-0.2, 0) is 19.4 Å². The predicted molar refractivity (Wildman–Crippen MR) is 67.1 cm³/mol. The van der Waals surface area contributed by atoms with E-state index in [2.05, 4.69) is 10.1 Å². The molecule has 98 valence electrons. The van der Waals surface area contributed by atoms with E-state index in [0.29, 0.717) is 24.6 Å². The molecular formula is C14H14N2O3. The third-order valence-electron chi connectivity index (χ3n) is 3.18. The van der Waals surface area contributed by atoms with Crippen molar-refractivity contribution in [3.63, 3.8) is 0 Å². The number of Topliss-reactive ketones (excluding diaryl/α,β-unsaturated/α-hetero) is 1. The minimum atomic E-state index is 0.215. The number of benzene rings is 1. The van der Waals surface area contributed by atoms with Gasteiger partial charge < -0.3 is 9.26 Å². The molecule has 0 amide bonds. The number of hydrogen-bond donors (Lipinski definition) is 0. The van der Waals surface area contributed by atoms with Gasteiger partial charge in [-0.15, -0.1) is 0 Å². The first-order valence-electron chi connectivity index (χ1n) is 6.36. The van der Waals surface area contributed by atoms with Crippen molar-refractivity contribution in [2.75, 3.05) is 0 Å². The molecule has 0 unspecified atom stereocenters. The number of ketones is 1. The highest BCUT2D eigenvalue weighted by Gasteiger charge is 2.19. The highest BCUT2D eigenvalue weighted by atomic mass is 16.5. The molecule has 0 N–H and O–H groups in total. The molecule has 1 aliphatic rings. The number of carbonyl (C=O) groups excluding carboxylic acids is 1. The lowest BCUT2D eigenvalue weighted by atomic mass is 10.1. The van der Waals surface area contributed by atoms with Crippen molar-refractivity contribution in [3.8, 4) is 5.75 Å². The summed E-state index contributed by atoms with van der Waals surface area (Å²) in [6, 6.07) is 5.55. The second kappa shape index (κ2) is 4.84. The number of hydrogen-bond acceptors (Lipinski definition) is 5. The second-order valence-electron chi connectivity index (χ2n) is 4.49. The topological polar surface area (TPSA) is 65.2 Å². The lowest BCUT2D eigenvalue weighted by Gasteiger charge is -2.05. The maximum Gasteiger partial charge on any atom is 0.226 e. The van der Waals surface area contributed by atoms with Crippen molar-refractivity contribution in [1.82, 2.24) is 10.1 Å². The molecule has 5 heteroatoms. The zero-order valence-corrected chi connectivity index (χ0v) is 10.7. The van der Waals surface area contributed by atoms with E-state index in [4.69, 9.17) is 9.26 Å². The van der Waals surface area contributed by atoms with Crippen molar-refractivity contribution < 1.29 is 14.1 Å². The van der Waals surface area contributed by atoms with Crippen LogP contribution >= 0.6 is 0 Å². The van der Waals surface area contributed by atoms with E-state index >= 15 is 0 Å². The van der Waals surface area contributed by atoms with E-state index in [1.807, 2.05) is 25.1 Å². The Kier molecular flexibility index (Phi) is 3.03. The van der Waals surface area contributed by atoms with Gasteiger partial charge in [-0.3, -0.25) is 4.79 Å². The third kappa shape index (κ3) is 2.36. The van der Waals surface area contributed by atoms with Gasteiger partial charge in [-0.1, -0.05) is 12.1 Å². The number of aryl methyl sites for hydroxylation is 2. The van der Waals surface area contributed by atoms with Crippen LogP contribution < -0.4 is 4.74 Å². The quantitative estimate of drug-likeness (QED) is 0.842. The number of carbonyl (C=O) groups is 1. The molecule has 19 heavy (non-hydrogen) atoms. The van der Waals surface area contributed by atoms with Crippen molar-refractivity contribution in [3.05, 3.63) is 41.0 Å².